The second-order valence-corrected chi connectivity index (χ2v) is 8.34. The molecule has 3 heterocycles. The van der Waals surface area contributed by atoms with Gasteiger partial charge in [0.05, 0.1) is 42.2 Å². The molecule has 11 heteroatoms. The van der Waals surface area contributed by atoms with Gasteiger partial charge in [-0.25, -0.2) is 9.78 Å². The first kappa shape index (κ1) is 23.0. The highest BCUT2D eigenvalue weighted by Gasteiger charge is 2.44. The zero-order valence-corrected chi connectivity index (χ0v) is 18.7. The number of ether oxygens (including phenoxy) is 3. The van der Waals surface area contributed by atoms with Gasteiger partial charge in [-0.1, -0.05) is 18.5 Å². The summed E-state index contributed by atoms with van der Waals surface area (Å²) in [5, 5.41) is 12.0. The van der Waals surface area contributed by atoms with Crippen LogP contribution in [-0.4, -0.2) is 60.0 Å². The highest BCUT2D eigenvalue weighted by Crippen LogP contribution is 2.34. The highest BCUT2D eigenvalue weighted by atomic mass is 35.5. The van der Waals surface area contributed by atoms with Gasteiger partial charge in [-0.15, -0.1) is 0 Å². The number of amides is 1. The molecule has 0 saturated carbocycles. The van der Waals surface area contributed by atoms with Gasteiger partial charge in [-0.2, -0.15) is 14.6 Å². The molecule has 0 aliphatic carbocycles. The van der Waals surface area contributed by atoms with E-state index in [0.717, 1.165) is 6.42 Å². The molecule has 0 radical (unpaired) electrons. The van der Waals surface area contributed by atoms with E-state index < -0.39 is 5.82 Å². The number of piperidine rings is 1. The number of hydrogen-bond donors (Lipinski definition) is 1. The van der Waals surface area contributed by atoms with Crippen LogP contribution in [0.2, 0.25) is 5.02 Å². The van der Waals surface area contributed by atoms with Gasteiger partial charge in [-0.05, 0) is 24.6 Å². The molecule has 2 bridgehead atoms. The molecule has 2 atom stereocenters. The zero-order valence-electron chi connectivity index (χ0n) is 18.0. The molecule has 0 spiro atoms. The van der Waals surface area contributed by atoms with Crippen molar-refractivity contribution in [2.45, 2.75) is 19.4 Å². The molecule has 2 unspecified atom stereocenters. The first-order valence-electron chi connectivity index (χ1n) is 10.6. The number of hydrogen-bond acceptors (Lipinski definition) is 8. The predicted octanol–water partition coefficient (Wildman–Crippen LogP) is 3.76. The van der Waals surface area contributed by atoms with Crippen LogP contribution >= 0.6 is 11.6 Å². The first-order valence-corrected chi connectivity index (χ1v) is 11.0. The van der Waals surface area contributed by atoms with Crippen molar-refractivity contribution in [3.63, 3.8) is 0 Å². The van der Waals surface area contributed by atoms with Crippen LogP contribution in [-0.2, 0) is 9.47 Å². The van der Waals surface area contributed by atoms with Crippen molar-refractivity contribution in [2.24, 2.45) is 11.8 Å². The lowest BCUT2D eigenvalue weighted by atomic mass is 9.84. The molecule has 1 N–H and O–H groups in total. The van der Waals surface area contributed by atoms with E-state index in [1.807, 2.05) is 13.0 Å². The number of fused-ring (bicyclic) bond motifs is 2. The van der Waals surface area contributed by atoms with E-state index in [-0.39, 0.29) is 40.8 Å². The number of nitrogens with one attached hydrogen (secondary N) is 1. The summed E-state index contributed by atoms with van der Waals surface area (Å²) in [6.45, 7) is 3.86. The maximum atomic E-state index is 15.2. The van der Waals surface area contributed by atoms with Gasteiger partial charge >= 0.3 is 6.09 Å². The minimum absolute atomic E-state index is 0.103. The summed E-state index contributed by atoms with van der Waals surface area (Å²) in [5.74, 6) is -1.35. The maximum Gasteiger partial charge on any atom is 0.409 e. The number of anilines is 2. The fraction of sp³-hybridized carbons (Fsp3) is 0.455. The minimum Gasteiger partial charge on any atom is -0.471 e. The molecule has 33 heavy (non-hydrogen) atoms. The topological polar surface area (TPSA) is 110 Å². The van der Waals surface area contributed by atoms with Crippen molar-refractivity contribution in [1.82, 2.24) is 14.9 Å². The number of likely N-dealkylation sites (tertiary alicyclic amines) is 1. The molecule has 1 aromatic heterocycles. The van der Waals surface area contributed by atoms with Crippen LogP contribution in [0.4, 0.5) is 20.7 Å². The fourth-order valence-corrected chi connectivity index (χ4v) is 4.21. The smallest absolute Gasteiger partial charge is 0.409 e. The average Bonchev–Trinajstić information content (AvgIpc) is 2.80. The van der Waals surface area contributed by atoms with Crippen LogP contribution in [0.25, 0.3) is 0 Å². The molecule has 174 valence electrons. The van der Waals surface area contributed by atoms with Gasteiger partial charge in [0.15, 0.2) is 5.82 Å². The second kappa shape index (κ2) is 10.2. The Kier molecular flexibility index (Phi) is 7.11. The summed E-state index contributed by atoms with van der Waals surface area (Å²) in [4.78, 5) is 21.9. The third-order valence-corrected chi connectivity index (χ3v) is 5.86. The Hall–Kier alpha value is -3.16. The van der Waals surface area contributed by atoms with Crippen molar-refractivity contribution in [3.05, 3.63) is 40.9 Å². The Bertz CT molecular complexity index is 1050. The van der Waals surface area contributed by atoms with E-state index in [4.69, 9.17) is 31.1 Å². The molecular formula is C22H23ClFN5O4. The van der Waals surface area contributed by atoms with Gasteiger partial charge in [-0.3, -0.25) is 0 Å². The summed E-state index contributed by atoms with van der Waals surface area (Å²) < 4.78 is 32.1. The Morgan fingerprint density at radius 2 is 2.12 bits per heavy atom. The van der Waals surface area contributed by atoms with Gasteiger partial charge in [0, 0.05) is 24.9 Å². The number of rotatable bonds is 6. The highest BCUT2D eigenvalue weighted by molar-refractivity contribution is 6.33. The van der Waals surface area contributed by atoms with Gasteiger partial charge < -0.3 is 24.4 Å². The average molecular weight is 476 g/mol. The van der Waals surface area contributed by atoms with E-state index in [1.54, 1.807) is 17.0 Å². The summed E-state index contributed by atoms with van der Waals surface area (Å²) in [6, 6.07) is 6.59. The van der Waals surface area contributed by atoms with Crippen molar-refractivity contribution in [3.8, 4) is 11.9 Å². The van der Waals surface area contributed by atoms with E-state index in [0.29, 0.717) is 44.2 Å². The normalized spacial score (nSPS) is 21.8. The Morgan fingerprint density at radius 3 is 2.79 bits per heavy atom. The molecule has 2 saturated heterocycles. The van der Waals surface area contributed by atoms with Crippen molar-refractivity contribution < 1.29 is 23.4 Å². The predicted molar refractivity (Wildman–Crippen MR) is 117 cm³/mol. The molecule has 1 amide bonds. The first-order chi connectivity index (χ1) is 16.0. The molecule has 2 aliphatic heterocycles. The summed E-state index contributed by atoms with van der Waals surface area (Å²) in [7, 11) is 0. The van der Waals surface area contributed by atoms with Gasteiger partial charge in [0.1, 0.15) is 12.4 Å². The summed E-state index contributed by atoms with van der Waals surface area (Å²) in [6.07, 6.45) is 1.22. The zero-order chi connectivity index (χ0) is 23.4. The molecule has 1 aromatic carbocycles. The van der Waals surface area contributed by atoms with Gasteiger partial charge in [0.25, 0.3) is 5.88 Å². The standard InChI is InChI=1S/C22H23ClFN5O4/c1-2-5-32-22(30)29-8-14-10-31-11-15(9-29)19(14)33-21-18(24)20(26-12-27-21)28-17-4-3-13(7-25)6-16(17)23/h3-4,6,12,14-15,19H,2,5,8-11H2,1H3,(H,26,27,28). The van der Waals surface area contributed by atoms with Crippen LogP contribution in [0.3, 0.4) is 0 Å². The number of nitriles is 1. The Labute approximate surface area is 195 Å². The lowest BCUT2D eigenvalue weighted by molar-refractivity contribution is -0.110. The Balaban J connectivity index is 1.48. The summed E-state index contributed by atoms with van der Waals surface area (Å²) in [5.41, 5.74) is 0.778. The van der Waals surface area contributed by atoms with E-state index in [9.17, 15) is 4.79 Å². The number of carbonyl (C=O) groups is 1. The summed E-state index contributed by atoms with van der Waals surface area (Å²) >= 11 is 6.17. The van der Waals surface area contributed by atoms with Crippen LogP contribution in [0.1, 0.15) is 18.9 Å². The van der Waals surface area contributed by atoms with E-state index in [1.165, 1.54) is 12.4 Å². The maximum absolute atomic E-state index is 15.2. The van der Waals surface area contributed by atoms with Crippen LogP contribution < -0.4 is 10.1 Å². The van der Waals surface area contributed by atoms with Crippen molar-refractivity contribution in [2.75, 3.05) is 38.2 Å². The third-order valence-electron chi connectivity index (χ3n) is 5.55. The number of carbonyl (C=O) groups excluding carboxylic acids is 1. The molecule has 2 fully saturated rings. The minimum atomic E-state index is -0.762. The van der Waals surface area contributed by atoms with Crippen molar-refractivity contribution >= 4 is 29.2 Å². The lowest BCUT2D eigenvalue weighted by Gasteiger charge is -2.45. The SMILES string of the molecule is CCCOC(=O)N1CC2COCC(C1)C2Oc1ncnc(Nc2ccc(C#N)cc2Cl)c1F. The quantitative estimate of drug-likeness (QED) is 0.672. The molecule has 4 rings (SSSR count). The van der Waals surface area contributed by atoms with E-state index in [2.05, 4.69) is 15.3 Å². The molecule has 9 nitrogen and oxygen atoms in total. The van der Waals surface area contributed by atoms with Crippen LogP contribution in [0.15, 0.2) is 24.5 Å². The number of benzene rings is 1. The monoisotopic (exact) mass is 475 g/mol. The fourth-order valence-electron chi connectivity index (χ4n) is 3.99. The van der Waals surface area contributed by atoms with Crippen LogP contribution in [0, 0.1) is 29.0 Å². The van der Waals surface area contributed by atoms with Gasteiger partial charge in [0.2, 0.25) is 5.82 Å². The van der Waals surface area contributed by atoms with Crippen LogP contribution in [0.5, 0.6) is 5.88 Å². The Morgan fingerprint density at radius 1 is 1.36 bits per heavy atom. The second-order valence-electron chi connectivity index (χ2n) is 7.93. The molecule has 2 aromatic rings. The number of aromatic nitrogens is 2. The number of nitrogens with zero attached hydrogens (tertiary/aromatic N) is 4. The van der Waals surface area contributed by atoms with Crippen molar-refractivity contribution in [1.29, 1.82) is 5.26 Å². The van der Waals surface area contributed by atoms with E-state index >= 15 is 4.39 Å². The lowest BCUT2D eigenvalue weighted by Crippen LogP contribution is -2.58. The largest absolute Gasteiger partial charge is 0.471 e. The molecular weight excluding hydrogens is 453 g/mol. The molecule has 2 aliphatic rings. The third kappa shape index (κ3) is 5.10. The number of halogens is 2.